The number of nitrogens with two attached hydrogens (primary N) is 1. The van der Waals surface area contributed by atoms with Gasteiger partial charge < -0.3 is 10.5 Å². The van der Waals surface area contributed by atoms with Gasteiger partial charge >= 0.3 is 6.09 Å². The molecule has 7 rings (SSSR count). The fraction of sp³-hybridized carbons (Fsp3) is 0.0645. The van der Waals surface area contributed by atoms with Gasteiger partial charge in [-0.25, -0.2) is 4.79 Å². The van der Waals surface area contributed by atoms with E-state index in [-0.39, 0.29) is 12.5 Å². The summed E-state index contributed by atoms with van der Waals surface area (Å²) in [6.07, 6.45) is -0.745. The maximum absolute atomic E-state index is 11.7. The minimum absolute atomic E-state index is 0.110. The third-order valence-corrected chi connectivity index (χ3v) is 7.29. The molecule has 34 heavy (non-hydrogen) atoms. The molecule has 0 saturated carbocycles. The Kier molecular flexibility index (Phi) is 3.97. The average Bonchev–Trinajstić information content (AvgIpc) is 3.24. The number of hydrogen-bond donors (Lipinski definition) is 1. The Morgan fingerprint density at radius 1 is 0.559 bits per heavy atom. The minimum atomic E-state index is -0.745. The van der Waals surface area contributed by atoms with Gasteiger partial charge in [0.25, 0.3) is 0 Å². The molecule has 1 amide bonds. The van der Waals surface area contributed by atoms with Crippen LogP contribution in [0.4, 0.5) is 4.79 Å². The zero-order chi connectivity index (χ0) is 22.8. The van der Waals surface area contributed by atoms with Crippen molar-refractivity contribution in [3.05, 3.63) is 108 Å². The maximum atomic E-state index is 11.7. The van der Waals surface area contributed by atoms with E-state index >= 15 is 0 Å². The summed E-state index contributed by atoms with van der Waals surface area (Å²) in [7, 11) is 0. The SMILES string of the molecule is NC(=O)OCC1c2c(c3ccccc3c3ccccc23)-c2c1c1ccccc1c1ccccc21. The van der Waals surface area contributed by atoms with Gasteiger partial charge in [0, 0.05) is 5.92 Å². The van der Waals surface area contributed by atoms with Crippen LogP contribution in [0, 0.1) is 0 Å². The van der Waals surface area contributed by atoms with Crippen LogP contribution in [-0.4, -0.2) is 12.7 Å². The van der Waals surface area contributed by atoms with Crippen molar-refractivity contribution in [2.45, 2.75) is 5.92 Å². The summed E-state index contributed by atoms with van der Waals surface area (Å²) in [6.45, 7) is 0.208. The van der Waals surface area contributed by atoms with Crippen LogP contribution in [0.3, 0.4) is 0 Å². The van der Waals surface area contributed by atoms with E-state index in [0.29, 0.717) is 0 Å². The fourth-order valence-electron chi connectivity index (χ4n) is 6.08. The third kappa shape index (κ3) is 2.49. The van der Waals surface area contributed by atoms with Crippen molar-refractivity contribution in [1.29, 1.82) is 0 Å². The largest absolute Gasteiger partial charge is 0.449 e. The predicted molar refractivity (Wildman–Crippen MR) is 139 cm³/mol. The van der Waals surface area contributed by atoms with Gasteiger partial charge in [0.15, 0.2) is 0 Å². The number of amides is 1. The van der Waals surface area contributed by atoms with Gasteiger partial charge in [-0.05, 0) is 65.3 Å². The van der Waals surface area contributed by atoms with E-state index < -0.39 is 6.09 Å². The summed E-state index contributed by atoms with van der Waals surface area (Å²) in [5.74, 6) is -0.110. The molecule has 0 heterocycles. The van der Waals surface area contributed by atoms with Crippen molar-refractivity contribution in [3.8, 4) is 11.1 Å². The summed E-state index contributed by atoms with van der Waals surface area (Å²) >= 11 is 0. The van der Waals surface area contributed by atoms with Crippen molar-refractivity contribution >= 4 is 49.2 Å². The number of primary amides is 1. The smallest absolute Gasteiger partial charge is 0.404 e. The van der Waals surface area contributed by atoms with Gasteiger partial charge in [0.2, 0.25) is 0 Å². The van der Waals surface area contributed by atoms with Gasteiger partial charge in [-0.3, -0.25) is 0 Å². The molecule has 0 radical (unpaired) electrons. The lowest BCUT2D eigenvalue weighted by Gasteiger charge is -2.18. The molecule has 0 saturated heterocycles. The van der Waals surface area contributed by atoms with Crippen LogP contribution in [-0.2, 0) is 4.74 Å². The van der Waals surface area contributed by atoms with Crippen LogP contribution < -0.4 is 5.73 Å². The molecule has 3 heteroatoms. The first kappa shape index (κ1) is 19.1. The molecule has 2 N–H and O–H groups in total. The van der Waals surface area contributed by atoms with Crippen molar-refractivity contribution < 1.29 is 9.53 Å². The number of carbonyl (C=O) groups is 1. The summed E-state index contributed by atoms with van der Waals surface area (Å²) < 4.78 is 5.50. The second-order valence-electron chi connectivity index (χ2n) is 8.94. The molecule has 0 aliphatic heterocycles. The first-order chi connectivity index (χ1) is 16.7. The topological polar surface area (TPSA) is 52.3 Å². The Morgan fingerprint density at radius 3 is 1.26 bits per heavy atom. The van der Waals surface area contributed by atoms with E-state index in [0.717, 1.165) is 0 Å². The van der Waals surface area contributed by atoms with E-state index in [2.05, 4.69) is 97.1 Å². The lowest BCUT2D eigenvalue weighted by atomic mass is 9.88. The molecular formula is C31H21NO2. The van der Waals surface area contributed by atoms with E-state index in [1.54, 1.807) is 0 Å². The third-order valence-electron chi connectivity index (χ3n) is 7.29. The van der Waals surface area contributed by atoms with E-state index in [4.69, 9.17) is 10.5 Å². The molecule has 6 aromatic carbocycles. The van der Waals surface area contributed by atoms with Crippen LogP contribution in [0.25, 0.3) is 54.2 Å². The lowest BCUT2D eigenvalue weighted by Crippen LogP contribution is -2.18. The molecule has 0 fully saturated rings. The zero-order valence-electron chi connectivity index (χ0n) is 18.4. The number of rotatable bonds is 2. The minimum Gasteiger partial charge on any atom is -0.449 e. The molecule has 0 aromatic heterocycles. The van der Waals surface area contributed by atoms with Crippen LogP contribution in [0.2, 0.25) is 0 Å². The normalized spacial score (nSPS) is 12.9. The predicted octanol–water partition coefficient (Wildman–Crippen LogP) is 7.51. The van der Waals surface area contributed by atoms with E-state index in [1.807, 2.05) is 0 Å². The Bertz CT molecular complexity index is 1680. The summed E-state index contributed by atoms with van der Waals surface area (Å²) in [5.41, 5.74) is 10.4. The average molecular weight is 440 g/mol. The first-order valence-corrected chi connectivity index (χ1v) is 11.5. The van der Waals surface area contributed by atoms with E-state index in [1.165, 1.54) is 65.3 Å². The molecule has 162 valence electrons. The molecular weight excluding hydrogens is 418 g/mol. The Labute approximate surface area is 196 Å². The van der Waals surface area contributed by atoms with Gasteiger partial charge in [-0.15, -0.1) is 0 Å². The van der Waals surface area contributed by atoms with Crippen molar-refractivity contribution in [1.82, 2.24) is 0 Å². The molecule has 0 bridgehead atoms. The first-order valence-electron chi connectivity index (χ1n) is 11.5. The highest BCUT2D eigenvalue weighted by atomic mass is 16.5. The standard InChI is InChI=1S/C31H21NO2/c32-31(33)34-17-26-27-22-13-5-1-9-18(22)20-11-3-7-15-24(20)29(27)30-25-16-8-4-12-21(25)19-10-2-6-14-23(19)28(26)30/h1-16,26H,17H2,(H2,32,33). The highest BCUT2D eigenvalue weighted by Gasteiger charge is 2.36. The quantitative estimate of drug-likeness (QED) is 0.284. The number of carbonyl (C=O) groups excluding carboxylic acids is 1. The van der Waals surface area contributed by atoms with Crippen LogP contribution in [0.1, 0.15) is 17.0 Å². The number of hydrogen-bond acceptors (Lipinski definition) is 2. The van der Waals surface area contributed by atoms with Crippen molar-refractivity contribution in [2.24, 2.45) is 5.73 Å². The van der Waals surface area contributed by atoms with Crippen LogP contribution >= 0.6 is 0 Å². The van der Waals surface area contributed by atoms with Crippen LogP contribution in [0.15, 0.2) is 97.1 Å². The molecule has 0 atom stereocenters. The van der Waals surface area contributed by atoms with Crippen LogP contribution in [0.5, 0.6) is 0 Å². The number of fused-ring (bicyclic) bond motifs is 13. The Hall–Kier alpha value is -4.37. The second-order valence-corrected chi connectivity index (χ2v) is 8.94. The van der Waals surface area contributed by atoms with Gasteiger partial charge in [0.05, 0.1) is 0 Å². The number of ether oxygens (including phenoxy) is 1. The molecule has 0 unspecified atom stereocenters. The maximum Gasteiger partial charge on any atom is 0.404 e. The van der Waals surface area contributed by atoms with Gasteiger partial charge in [-0.1, -0.05) is 97.1 Å². The summed E-state index contributed by atoms with van der Waals surface area (Å²) in [4.78, 5) is 11.7. The molecule has 1 aliphatic carbocycles. The zero-order valence-corrected chi connectivity index (χ0v) is 18.4. The molecule has 0 spiro atoms. The summed E-state index contributed by atoms with van der Waals surface area (Å²) in [6, 6.07) is 34.3. The molecule has 6 aromatic rings. The lowest BCUT2D eigenvalue weighted by molar-refractivity contribution is 0.154. The van der Waals surface area contributed by atoms with E-state index in [9.17, 15) is 4.79 Å². The Balaban J connectivity index is 1.75. The Morgan fingerprint density at radius 2 is 0.882 bits per heavy atom. The fourth-order valence-corrected chi connectivity index (χ4v) is 6.08. The molecule has 3 nitrogen and oxygen atoms in total. The highest BCUT2D eigenvalue weighted by Crippen LogP contribution is 2.56. The van der Waals surface area contributed by atoms with Crippen molar-refractivity contribution in [2.75, 3.05) is 6.61 Å². The van der Waals surface area contributed by atoms with Gasteiger partial charge in [0.1, 0.15) is 6.61 Å². The highest BCUT2D eigenvalue weighted by molar-refractivity contribution is 6.25. The van der Waals surface area contributed by atoms with Crippen molar-refractivity contribution in [3.63, 3.8) is 0 Å². The molecule has 1 aliphatic rings. The monoisotopic (exact) mass is 439 g/mol. The summed E-state index contributed by atoms with van der Waals surface area (Å²) in [5, 5.41) is 9.72. The number of benzene rings is 6. The second kappa shape index (κ2) is 7.06. The van der Waals surface area contributed by atoms with Gasteiger partial charge in [-0.2, -0.15) is 0 Å².